The molecule has 2 rings (SSSR count). The van der Waals surface area contributed by atoms with Crippen molar-refractivity contribution in [2.75, 3.05) is 13.6 Å². The predicted octanol–water partition coefficient (Wildman–Crippen LogP) is 3.47. The maximum atomic E-state index is 12.7. The largest absolute Gasteiger partial charge is 0.457 e. The van der Waals surface area contributed by atoms with Gasteiger partial charge < -0.3 is 15.0 Å². The zero-order valence-corrected chi connectivity index (χ0v) is 15.1. The number of rotatable bonds is 5. The molecule has 0 aliphatic carbocycles. The van der Waals surface area contributed by atoms with Gasteiger partial charge in [-0.05, 0) is 45.0 Å². The van der Waals surface area contributed by atoms with Crippen LogP contribution >= 0.6 is 0 Å². The molecule has 5 heteroatoms. The lowest BCUT2D eigenvalue weighted by Gasteiger charge is -2.24. The van der Waals surface area contributed by atoms with Crippen molar-refractivity contribution in [3.63, 3.8) is 0 Å². The Bertz CT molecular complexity index is 736. The van der Waals surface area contributed by atoms with Crippen molar-refractivity contribution in [2.45, 2.75) is 26.3 Å². The summed E-state index contributed by atoms with van der Waals surface area (Å²) in [6.45, 7) is 5.68. The van der Waals surface area contributed by atoms with E-state index < -0.39 is 0 Å². The molecule has 25 heavy (non-hydrogen) atoms. The average molecular weight is 340 g/mol. The average Bonchev–Trinajstić information content (AvgIpc) is 2.54. The number of hydrogen-bond acceptors (Lipinski definition) is 3. The lowest BCUT2D eigenvalue weighted by molar-refractivity contribution is -0.122. The predicted molar refractivity (Wildman–Crippen MR) is 97.8 cm³/mol. The van der Waals surface area contributed by atoms with Crippen LogP contribution in [-0.2, 0) is 4.79 Å². The summed E-state index contributed by atoms with van der Waals surface area (Å²) in [5.74, 6) is 0.637. The first-order chi connectivity index (χ1) is 11.8. The minimum absolute atomic E-state index is 0.0181. The summed E-state index contributed by atoms with van der Waals surface area (Å²) in [4.78, 5) is 26.2. The third-order valence-electron chi connectivity index (χ3n) is 3.33. The van der Waals surface area contributed by atoms with Gasteiger partial charge in [-0.25, -0.2) is 0 Å². The molecule has 132 valence electrons. The minimum atomic E-state index is -0.338. The molecule has 0 heterocycles. The van der Waals surface area contributed by atoms with Crippen LogP contribution in [0.15, 0.2) is 54.6 Å². The number of ether oxygens (including phenoxy) is 1. The fourth-order valence-electron chi connectivity index (χ4n) is 2.30. The molecule has 2 amide bonds. The van der Waals surface area contributed by atoms with Crippen molar-refractivity contribution in [3.05, 3.63) is 60.2 Å². The Hall–Kier alpha value is -2.82. The Balaban J connectivity index is 2.12. The van der Waals surface area contributed by atoms with Crippen LogP contribution in [0.3, 0.4) is 0 Å². The topological polar surface area (TPSA) is 58.6 Å². The molecule has 0 unspecified atom stereocenters. The Morgan fingerprint density at radius 3 is 2.24 bits per heavy atom. The molecule has 0 saturated heterocycles. The normalized spacial score (nSPS) is 10.9. The smallest absolute Gasteiger partial charge is 0.257 e. The molecule has 0 aliphatic heterocycles. The molecule has 0 aromatic heterocycles. The van der Waals surface area contributed by atoms with E-state index in [0.29, 0.717) is 17.1 Å². The quantitative estimate of drug-likeness (QED) is 0.907. The molecule has 5 nitrogen and oxygen atoms in total. The lowest BCUT2D eigenvalue weighted by atomic mass is 10.1. The summed E-state index contributed by atoms with van der Waals surface area (Å²) in [6.07, 6.45) is 0. The van der Waals surface area contributed by atoms with Crippen molar-refractivity contribution in [1.29, 1.82) is 0 Å². The van der Waals surface area contributed by atoms with Crippen LogP contribution in [-0.4, -0.2) is 35.8 Å². The van der Waals surface area contributed by atoms with Crippen LogP contribution in [0.1, 0.15) is 31.1 Å². The Morgan fingerprint density at radius 1 is 1.00 bits per heavy atom. The third-order valence-corrected chi connectivity index (χ3v) is 3.33. The number of carbonyl (C=O) groups is 2. The lowest BCUT2D eigenvalue weighted by Crippen LogP contribution is -2.46. The van der Waals surface area contributed by atoms with Crippen LogP contribution in [0.5, 0.6) is 11.5 Å². The molecule has 0 bridgehead atoms. The minimum Gasteiger partial charge on any atom is -0.457 e. The highest BCUT2D eigenvalue weighted by molar-refractivity contribution is 5.98. The fraction of sp³-hybridized carbons (Fsp3) is 0.300. The van der Waals surface area contributed by atoms with E-state index in [1.807, 2.05) is 51.1 Å². The molecular formula is C20H24N2O3. The monoisotopic (exact) mass is 340 g/mol. The van der Waals surface area contributed by atoms with Crippen molar-refractivity contribution < 1.29 is 14.3 Å². The van der Waals surface area contributed by atoms with Crippen molar-refractivity contribution in [3.8, 4) is 11.5 Å². The molecule has 0 fully saturated rings. The summed E-state index contributed by atoms with van der Waals surface area (Å²) >= 11 is 0. The highest BCUT2D eigenvalue weighted by Gasteiger charge is 2.21. The van der Waals surface area contributed by atoms with E-state index in [1.165, 1.54) is 4.90 Å². The summed E-state index contributed by atoms with van der Waals surface area (Å²) in [7, 11) is 1.60. The SMILES string of the molecule is CN(CC(=O)NC(C)(C)C)C(=O)c1ccccc1Oc1ccccc1. The Kier molecular flexibility index (Phi) is 5.80. The van der Waals surface area contributed by atoms with Crippen molar-refractivity contribution in [1.82, 2.24) is 10.2 Å². The van der Waals surface area contributed by atoms with Crippen molar-refractivity contribution >= 4 is 11.8 Å². The third kappa shape index (κ3) is 5.64. The molecule has 0 saturated carbocycles. The molecule has 2 aromatic rings. The second kappa shape index (κ2) is 7.83. The molecule has 0 spiro atoms. The van der Waals surface area contributed by atoms with Gasteiger partial charge in [-0.3, -0.25) is 9.59 Å². The molecule has 0 aliphatic rings. The van der Waals surface area contributed by atoms with Gasteiger partial charge >= 0.3 is 0 Å². The number of benzene rings is 2. The van der Waals surface area contributed by atoms with Gasteiger partial charge in [-0.15, -0.1) is 0 Å². The molecule has 1 N–H and O–H groups in total. The first-order valence-electron chi connectivity index (χ1n) is 8.15. The maximum absolute atomic E-state index is 12.7. The van der Waals surface area contributed by atoms with Crippen molar-refractivity contribution in [2.24, 2.45) is 0 Å². The Labute approximate surface area is 148 Å². The summed E-state index contributed by atoms with van der Waals surface area (Å²) in [6, 6.07) is 16.3. The van der Waals surface area contributed by atoms with E-state index >= 15 is 0 Å². The van der Waals surface area contributed by atoms with E-state index in [0.717, 1.165) is 0 Å². The summed E-state index contributed by atoms with van der Waals surface area (Å²) in [5.41, 5.74) is 0.0763. The van der Waals surface area contributed by atoms with Crippen LogP contribution in [0, 0.1) is 0 Å². The number of carbonyl (C=O) groups excluding carboxylic acids is 2. The van der Waals surface area contributed by atoms with Gasteiger partial charge in [0.1, 0.15) is 11.5 Å². The first-order valence-corrected chi connectivity index (χ1v) is 8.15. The van der Waals surface area contributed by atoms with E-state index in [1.54, 1.807) is 31.3 Å². The van der Waals surface area contributed by atoms with E-state index in [4.69, 9.17) is 4.74 Å². The van der Waals surface area contributed by atoms with Crippen LogP contribution in [0.2, 0.25) is 0 Å². The van der Waals surface area contributed by atoms with Gasteiger partial charge in [-0.2, -0.15) is 0 Å². The van der Waals surface area contributed by atoms with Gasteiger partial charge in [0.05, 0.1) is 12.1 Å². The number of hydrogen-bond donors (Lipinski definition) is 1. The van der Waals surface area contributed by atoms with E-state index in [2.05, 4.69) is 5.32 Å². The summed E-state index contributed by atoms with van der Waals surface area (Å²) < 4.78 is 5.82. The Morgan fingerprint density at radius 2 is 1.60 bits per heavy atom. The van der Waals surface area contributed by atoms with Crippen LogP contribution in [0.4, 0.5) is 0 Å². The van der Waals surface area contributed by atoms with E-state index in [-0.39, 0.29) is 23.9 Å². The van der Waals surface area contributed by atoms with Gasteiger partial charge in [0.25, 0.3) is 5.91 Å². The number of nitrogens with zero attached hydrogens (tertiary/aromatic N) is 1. The van der Waals surface area contributed by atoms with Gasteiger partial charge in [0.2, 0.25) is 5.91 Å². The zero-order valence-electron chi connectivity index (χ0n) is 15.1. The van der Waals surface area contributed by atoms with Gasteiger partial charge in [-0.1, -0.05) is 30.3 Å². The van der Waals surface area contributed by atoms with Crippen LogP contribution in [0.25, 0.3) is 0 Å². The van der Waals surface area contributed by atoms with Gasteiger partial charge in [0, 0.05) is 12.6 Å². The highest BCUT2D eigenvalue weighted by Crippen LogP contribution is 2.25. The highest BCUT2D eigenvalue weighted by atomic mass is 16.5. The van der Waals surface area contributed by atoms with Crippen LogP contribution < -0.4 is 10.1 Å². The molecule has 0 atom stereocenters. The standard InChI is InChI=1S/C20H24N2O3/c1-20(2,3)21-18(23)14-22(4)19(24)16-12-8-9-13-17(16)25-15-10-6-5-7-11-15/h5-13H,14H2,1-4H3,(H,21,23). The maximum Gasteiger partial charge on any atom is 0.257 e. The molecule has 2 aromatic carbocycles. The molecular weight excluding hydrogens is 316 g/mol. The first kappa shape index (κ1) is 18.5. The second-order valence-electron chi connectivity index (χ2n) is 6.87. The second-order valence-corrected chi connectivity index (χ2v) is 6.87. The number of likely N-dealkylation sites (N-methyl/N-ethyl adjacent to an activating group) is 1. The van der Waals surface area contributed by atoms with E-state index in [9.17, 15) is 9.59 Å². The zero-order chi connectivity index (χ0) is 18.4. The summed E-state index contributed by atoms with van der Waals surface area (Å²) in [5, 5.41) is 2.85. The number of amides is 2. The number of nitrogens with one attached hydrogen (secondary N) is 1. The van der Waals surface area contributed by atoms with Gasteiger partial charge in [0.15, 0.2) is 0 Å². The fourth-order valence-corrected chi connectivity index (χ4v) is 2.30. The number of para-hydroxylation sites is 2. The molecule has 0 radical (unpaired) electrons.